The molecule has 1 aliphatic carbocycles. The van der Waals surface area contributed by atoms with Crippen molar-refractivity contribution in [2.45, 2.75) is 114 Å². The second-order valence-corrected chi connectivity index (χ2v) is 14.8. The number of amides is 3. The van der Waals surface area contributed by atoms with E-state index in [-0.39, 0.29) is 25.5 Å². The maximum absolute atomic E-state index is 14.4. The van der Waals surface area contributed by atoms with Gasteiger partial charge in [0.15, 0.2) is 0 Å². The van der Waals surface area contributed by atoms with Gasteiger partial charge in [-0.3, -0.25) is 9.59 Å². The number of aliphatic hydroxyl groups is 1. The van der Waals surface area contributed by atoms with Crippen molar-refractivity contribution in [3.05, 3.63) is 48.5 Å². The van der Waals surface area contributed by atoms with Crippen LogP contribution in [0.4, 0.5) is 4.79 Å². The van der Waals surface area contributed by atoms with Gasteiger partial charge in [0.1, 0.15) is 29.3 Å². The summed E-state index contributed by atoms with van der Waals surface area (Å²) in [4.78, 5) is 61.2. The predicted octanol–water partition coefficient (Wildman–Crippen LogP) is 4.78. The van der Waals surface area contributed by atoms with E-state index in [1.807, 2.05) is 48.5 Å². The van der Waals surface area contributed by atoms with Crippen molar-refractivity contribution in [1.29, 1.82) is 0 Å². The van der Waals surface area contributed by atoms with E-state index >= 15 is 0 Å². The summed E-state index contributed by atoms with van der Waals surface area (Å²) in [5.74, 6) is -1.40. The SMILES string of the molecule is CCOC(=O)[C@@]12C[C@H]1CC(O)CCCCC[C@H](NC(=O)OC(C)(C)C)C(=O)N1C[C@H](Oc3nc4ccccc4c4ccccc34)C[C@H]1C(=O)N2. The lowest BCUT2D eigenvalue weighted by Crippen LogP contribution is -2.57. The zero-order chi connectivity index (χ0) is 35.6. The second kappa shape index (κ2) is 14.4. The molecular weight excluding hydrogens is 640 g/mol. The molecule has 12 nitrogen and oxygen atoms in total. The van der Waals surface area contributed by atoms with Gasteiger partial charge in [0.05, 0.1) is 24.8 Å². The second-order valence-electron chi connectivity index (χ2n) is 14.8. The van der Waals surface area contributed by atoms with Gasteiger partial charge in [0.2, 0.25) is 17.7 Å². The molecule has 2 aliphatic heterocycles. The fourth-order valence-corrected chi connectivity index (χ4v) is 7.39. The Morgan fingerprint density at radius 1 is 1.00 bits per heavy atom. The van der Waals surface area contributed by atoms with E-state index in [4.69, 9.17) is 19.2 Å². The first-order valence-corrected chi connectivity index (χ1v) is 17.8. The van der Waals surface area contributed by atoms with Gasteiger partial charge in [-0.1, -0.05) is 55.7 Å². The molecule has 3 fully saturated rings. The number of nitrogens with one attached hydrogen (secondary N) is 2. The normalized spacial score (nSPS) is 27.7. The number of aliphatic hydroxyl groups excluding tert-OH is 1. The molecule has 1 unspecified atom stereocenters. The minimum atomic E-state index is -1.29. The third-order valence-electron chi connectivity index (χ3n) is 9.87. The number of aromatic nitrogens is 1. The average molecular weight is 689 g/mol. The van der Waals surface area contributed by atoms with Gasteiger partial charge >= 0.3 is 12.1 Å². The Morgan fingerprint density at radius 2 is 1.70 bits per heavy atom. The standard InChI is InChI=1S/C38H48N4O8/c1-5-48-35(46)38-21-23(38)19-24(43)13-7-6-8-18-30(40-36(47)50-37(2,3)4)34(45)42-22-25(20-31(42)32(44)41-38)49-33-28-16-10-9-14-26(28)27-15-11-12-17-29(27)39-33/h9-12,14-17,23-25,30-31,43H,5-8,13,18-22H2,1-4H3,(H,40,47)(H,41,44)/t23-,24?,25-,30+,31+,38-/m1/s1. The van der Waals surface area contributed by atoms with Crippen LogP contribution in [0.3, 0.4) is 0 Å². The number of carbonyl (C=O) groups excluding carboxylic acids is 4. The number of para-hydroxylation sites is 1. The maximum atomic E-state index is 14.4. The first-order valence-electron chi connectivity index (χ1n) is 17.8. The molecule has 1 aromatic heterocycles. The Morgan fingerprint density at radius 3 is 2.44 bits per heavy atom. The molecular formula is C38H48N4O8. The van der Waals surface area contributed by atoms with E-state index < -0.39 is 59.3 Å². The Bertz CT molecular complexity index is 1760. The summed E-state index contributed by atoms with van der Waals surface area (Å²) in [6, 6.07) is 13.6. The molecule has 268 valence electrons. The molecule has 6 rings (SSSR count). The molecule has 1 saturated carbocycles. The molecule has 50 heavy (non-hydrogen) atoms. The molecule has 0 bridgehead atoms. The summed E-state index contributed by atoms with van der Waals surface area (Å²) in [7, 11) is 0. The van der Waals surface area contributed by atoms with Crippen LogP contribution in [0.5, 0.6) is 5.88 Å². The van der Waals surface area contributed by atoms with E-state index in [1.165, 1.54) is 4.90 Å². The number of alkyl carbamates (subject to hydrolysis) is 1. The highest BCUT2D eigenvalue weighted by atomic mass is 16.6. The van der Waals surface area contributed by atoms with Crippen molar-refractivity contribution in [2.24, 2.45) is 5.92 Å². The minimum Gasteiger partial charge on any atom is -0.472 e. The van der Waals surface area contributed by atoms with Gasteiger partial charge < -0.3 is 34.9 Å². The summed E-state index contributed by atoms with van der Waals surface area (Å²) in [5.41, 5.74) is -1.31. The number of ether oxygens (including phenoxy) is 3. The van der Waals surface area contributed by atoms with Gasteiger partial charge in [-0.15, -0.1) is 0 Å². The number of hydrogen-bond acceptors (Lipinski definition) is 9. The smallest absolute Gasteiger partial charge is 0.408 e. The van der Waals surface area contributed by atoms with Crippen LogP contribution in [-0.4, -0.2) is 87.5 Å². The number of nitrogens with zero attached hydrogens (tertiary/aromatic N) is 2. The van der Waals surface area contributed by atoms with Crippen LogP contribution in [0, 0.1) is 5.92 Å². The number of esters is 1. The highest BCUT2D eigenvalue weighted by Gasteiger charge is 2.63. The fraction of sp³-hybridized carbons (Fsp3) is 0.553. The van der Waals surface area contributed by atoms with Crippen LogP contribution in [0.2, 0.25) is 0 Å². The van der Waals surface area contributed by atoms with Gasteiger partial charge in [0, 0.05) is 17.2 Å². The number of fused-ring (bicyclic) bond motifs is 5. The third kappa shape index (κ3) is 7.65. The molecule has 3 aromatic rings. The Hall–Kier alpha value is -4.45. The van der Waals surface area contributed by atoms with Gasteiger partial charge in [-0.2, -0.15) is 0 Å². The molecule has 6 atom stereocenters. The molecule has 0 spiro atoms. The first kappa shape index (κ1) is 35.4. The van der Waals surface area contributed by atoms with Crippen LogP contribution >= 0.6 is 0 Å². The lowest BCUT2D eigenvalue weighted by molar-refractivity contribution is -0.150. The van der Waals surface area contributed by atoms with Gasteiger partial charge in [-0.25, -0.2) is 14.6 Å². The highest BCUT2D eigenvalue weighted by Crippen LogP contribution is 2.48. The molecule has 2 saturated heterocycles. The predicted molar refractivity (Wildman–Crippen MR) is 186 cm³/mol. The molecule has 3 N–H and O–H groups in total. The van der Waals surface area contributed by atoms with E-state index in [0.29, 0.717) is 44.4 Å². The average Bonchev–Trinajstić information content (AvgIpc) is 3.57. The summed E-state index contributed by atoms with van der Waals surface area (Å²) >= 11 is 0. The Balaban J connectivity index is 1.33. The quantitative estimate of drug-likeness (QED) is 0.254. The zero-order valence-electron chi connectivity index (χ0n) is 29.3. The summed E-state index contributed by atoms with van der Waals surface area (Å²) < 4.78 is 17.5. The van der Waals surface area contributed by atoms with Crippen LogP contribution in [-0.2, 0) is 23.9 Å². The fourth-order valence-electron chi connectivity index (χ4n) is 7.39. The summed E-state index contributed by atoms with van der Waals surface area (Å²) in [6.07, 6.45) is 1.68. The Labute approximate surface area is 292 Å². The molecule has 3 heterocycles. The van der Waals surface area contributed by atoms with Crippen LogP contribution in [0.1, 0.15) is 79.1 Å². The summed E-state index contributed by atoms with van der Waals surface area (Å²) in [6.45, 7) is 7.13. The summed E-state index contributed by atoms with van der Waals surface area (Å²) in [5, 5.41) is 19.3. The van der Waals surface area contributed by atoms with Crippen LogP contribution in [0.25, 0.3) is 21.7 Å². The van der Waals surface area contributed by atoms with Crippen LogP contribution in [0.15, 0.2) is 48.5 Å². The monoisotopic (exact) mass is 688 g/mol. The van der Waals surface area contributed by atoms with Crippen molar-refractivity contribution >= 4 is 45.6 Å². The van der Waals surface area contributed by atoms with E-state index in [9.17, 15) is 24.3 Å². The minimum absolute atomic E-state index is 0.0564. The van der Waals surface area contributed by atoms with E-state index in [1.54, 1.807) is 27.7 Å². The van der Waals surface area contributed by atoms with Gasteiger partial charge in [-0.05, 0) is 76.8 Å². The number of hydrogen-bond donors (Lipinski definition) is 3. The lowest BCUT2D eigenvalue weighted by Gasteiger charge is -2.30. The number of carbonyl (C=O) groups is 4. The third-order valence-corrected chi connectivity index (χ3v) is 9.87. The van der Waals surface area contributed by atoms with Crippen molar-refractivity contribution < 1.29 is 38.5 Å². The molecule has 0 radical (unpaired) electrons. The van der Waals surface area contributed by atoms with Crippen molar-refractivity contribution in [2.75, 3.05) is 13.2 Å². The van der Waals surface area contributed by atoms with Crippen molar-refractivity contribution in [1.82, 2.24) is 20.5 Å². The number of pyridine rings is 1. The molecule has 2 aromatic carbocycles. The van der Waals surface area contributed by atoms with Crippen molar-refractivity contribution in [3.8, 4) is 5.88 Å². The topological polar surface area (TPSA) is 156 Å². The van der Waals surface area contributed by atoms with Crippen LogP contribution < -0.4 is 15.4 Å². The van der Waals surface area contributed by atoms with Gasteiger partial charge in [0.25, 0.3) is 0 Å². The maximum Gasteiger partial charge on any atom is 0.408 e. The first-order chi connectivity index (χ1) is 23.9. The highest BCUT2D eigenvalue weighted by molar-refractivity contribution is 6.07. The zero-order valence-corrected chi connectivity index (χ0v) is 29.3. The largest absolute Gasteiger partial charge is 0.472 e. The van der Waals surface area contributed by atoms with E-state index in [0.717, 1.165) is 28.1 Å². The molecule has 12 heteroatoms. The molecule has 3 aliphatic rings. The lowest BCUT2D eigenvalue weighted by atomic mass is 10.0. The van der Waals surface area contributed by atoms with E-state index in [2.05, 4.69) is 10.6 Å². The van der Waals surface area contributed by atoms with Crippen molar-refractivity contribution in [3.63, 3.8) is 0 Å². The Kier molecular flexibility index (Phi) is 10.2. The number of benzene rings is 2. The number of rotatable bonds is 5. The molecule has 3 amide bonds.